The van der Waals surface area contributed by atoms with Gasteiger partial charge in [-0.25, -0.2) is 0 Å². The summed E-state index contributed by atoms with van der Waals surface area (Å²) in [6.45, 7) is 4.22. The Hall–Kier alpha value is -1.39. The van der Waals surface area contributed by atoms with Gasteiger partial charge in [0.15, 0.2) is 0 Å². The van der Waals surface area contributed by atoms with Crippen molar-refractivity contribution in [3.63, 3.8) is 0 Å². The molecule has 4 nitrogen and oxygen atoms in total. The fourth-order valence-corrected chi connectivity index (χ4v) is 4.21. The molecule has 0 aromatic carbocycles. The van der Waals surface area contributed by atoms with Crippen LogP contribution in [0.2, 0.25) is 0 Å². The number of rotatable bonds is 26. The molecule has 0 heterocycles. The van der Waals surface area contributed by atoms with Crippen LogP contribution in [0.25, 0.3) is 0 Å². The van der Waals surface area contributed by atoms with Gasteiger partial charge in [-0.15, -0.1) is 0 Å². The molecule has 210 valence electrons. The molecule has 0 spiro atoms. The van der Waals surface area contributed by atoms with Crippen molar-refractivity contribution < 1.29 is 15.0 Å². The van der Waals surface area contributed by atoms with E-state index in [0.717, 1.165) is 38.5 Å². The largest absolute Gasteiger partial charge is 0.394 e. The van der Waals surface area contributed by atoms with Gasteiger partial charge in [0.25, 0.3) is 0 Å². The minimum atomic E-state index is -0.851. The van der Waals surface area contributed by atoms with Gasteiger partial charge >= 0.3 is 0 Å². The van der Waals surface area contributed by atoms with E-state index >= 15 is 0 Å². The number of carbonyl (C=O) groups is 1. The molecule has 0 aromatic rings. The standard InChI is InChI=1S/C32H59NO3/c1-3-5-7-9-11-13-15-16-18-19-21-23-25-27-31(35)30(29-34)33-32(36)28-26-24-22-20-17-14-12-10-8-6-4-2/h12,14,20,22,25,27,30-31,34-35H,3-11,13,15-19,21,23-24,26,28-29H2,1-2H3,(H,33,36)/b14-12+,22-20-,27-25+/t30-,31+/m0/s1. The Morgan fingerprint density at radius 1 is 0.667 bits per heavy atom. The van der Waals surface area contributed by atoms with E-state index in [0.29, 0.717) is 6.42 Å². The highest BCUT2D eigenvalue weighted by Gasteiger charge is 2.17. The van der Waals surface area contributed by atoms with Gasteiger partial charge in [0.2, 0.25) is 5.91 Å². The molecule has 4 heteroatoms. The fraction of sp³-hybridized carbons (Fsp3) is 0.781. The molecule has 0 aliphatic carbocycles. The molecule has 0 aliphatic rings. The Morgan fingerprint density at radius 2 is 1.14 bits per heavy atom. The van der Waals surface area contributed by atoms with E-state index in [1.54, 1.807) is 6.08 Å². The van der Waals surface area contributed by atoms with Crippen molar-refractivity contribution in [2.24, 2.45) is 0 Å². The Morgan fingerprint density at radius 3 is 1.72 bits per heavy atom. The number of aliphatic hydroxyl groups excluding tert-OH is 2. The van der Waals surface area contributed by atoms with Crippen LogP contribution in [0.5, 0.6) is 0 Å². The van der Waals surface area contributed by atoms with Crippen molar-refractivity contribution in [1.29, 1.82) is 0 Å². The van der Waals surface area contributed by atoms with Crippen molar-refractivity contribution in [2.45, 2.75) is 154 Å². The molecule has 1 amide bonds. The molecule has 0 rings (SSSR count). The number of allylic oxidation sites excluding steroid dienone is 5. The number of unbranched alkanes of at least 4 members (excludes halogenated alkanes) is 15. The summed E-state index contributed by atoms with van der Waals surface area (Å²) in [7, 11) is 0. The van der Waals surface area contributed by atoms with E-state index in [1.807, 2.05) is 6.08 Å². The molecule has 0 aromatic heterocycles. The highest BCUT2D eigenvalue weighted by atomic mass is 16.3. The first-order valence-corrected chi connectivity index (χ1v) is 15.2. The van der Waals surface area contributed by atoms with Gasteiger partial charge in [-0.1, -0.05) is 127 Å². The maximum absolute atomic E-state index is 12.2. The Balaban J connectivity index is 3.78. The van der Waals surface area contributed by atoms with Crippen molar-refractivity contribution in [2.75, 3.05) is 6.61 Å². The molecule has 0 fully saturated rings. The summed E-state index contributed by atoms with van der Waals surface area (Å²) in [6.07, 6.45) is 35.0. The van der Waals surface area contributed by atoms with Crippen LogP contribution >= 0.6 is 0 Å². The van der Waals surface area contributed by atoms with Crippen molar-refractivity contribution in [1.82, 2.24) is 5.32 Å². The molecular weight excluding hydrogens is 446 g/mol. The van der Waals surface area contributed by atoms with E-state index in [-0.39, 0.29) is 12.5 Å². The van der Waals surface area contributed by atoms with Gasteiger partial charge in [-0.05, 0) is 44.9 Å². The van der Waals surface area contributed by atoms with Crippen LogP contribution in [0.15, 0.2) is 36.5 Å². The Kier molecular flexibility index (Phi) is 27.1. The second kappa shape index (κ2) is 28.2. The third kappa shape index (κ3) is 24.3. The molecular formula is C32H59NO3. The first kappa shape index (κ1) is 34.6. The average Bonchev–Trinajstić information content (AvgIpc) is 2.88. The minimum absolute atomic E-state index is 0.115. The van der Waals surface area contributed by atoms with Crippen LogP contribution < -0.4 is 5.32 Å². The molecule has 36 heavy (non-hydrogen) atoms. The summed E-state index contributed by atoms with van der Waals surface area (Å²) >= 11 is 0. The third-order valence-corrected chi connectivity index (χ3v) is 6.62. The summed E-state index contributed by atoms with van der Waals surface area (Å²) < 4.78 is 0. The van der Waals surface area contributed by atoms with Crippen molar-refractivity contribution in [3.8, 4) is 0 Å². The number of aliphatic hydroxyl groups is 2. The quantitative estimate of drug-likeness (QED) is 0.0817. The van der Waals surface area contributed by atoms with Gasteiger partial charge in [-0.2, -0.15) is 0 Å². The van der Waals surface area contributed by atoms with Gasteiger partial charge in [0.1, 0.15) is 0 Å². The van der Waals surface area contributed by atoms with Gasteiger partial charge < -0.3 is 15.5 Å². The zero-order valence-electron chi connectivity index (χ0n) is 23.8. The van der Waals surface area contributed by atoms with E-state index in [9.17, 15) is 15.0 Å². The minimum Gasteiger partial charge on any atom is -0.394 e. The normalized spacial score (nSPS) is 13.8. The maximum atomic E-state index is 12.2. The molecule has 0 saturated carbocycles. The molecule has 3 N–H and O–H groups in total. The number of carbonyl (C=O) groups excluding carboxylic acids is 1. The van der Waals surface area contributed by atoms with Crippen LogP contribution in [0.4, 0.5) is 0 Å². The molecule has 0 bridgehead atoms. The molecule has 2 atom stereocenters. The zero-order chi connectivity index (χ0) is 26.5. The summed E-state index contributed by atoms with van der Waals surface area (Å²) in [5, 5.41) is 22.7. The second-order valence-corrected chi connectivity index (χ2v) is 10.2. The van der Waals surface area contributed by atoms with E-state index < -0.39 is 12.1 Å². The molecule has 0 saturated heterocycles. The van der Waals surface area contributed by atoms with Crippen LogP contribution in [0.3, 0.4) is 0 Å². The van der Waals surface area contributed by atoms with Gasteiger partial charge in [-0.3, -0.25) is 4.79 Å². The molecule has 0 radical (unpaired) electrons. The number of amides is 1. The molecule has 0 unspecified atom stereocenters. The Bertz CT molecular complexity index is 556. The highest BCUT2D eigenvalue weighted by Crippen LogP contribution is 2.12. The predicted octanol–water partition coefficient (Wildman–Crippen LogP) is 8.33. The Labute approximate surface area is 223 Å². The first-order chi connectivity index (χ1) is 17.7. The summed E-state index contributed by atoms with van der Waals surface area (Å²) in [6, 6.07) is -0.639. The predicted molar refractivity (Wildman–Crippen MR) is 156 cm³/mol. The average molecular weight is 506 g/mol. The maximum Gasteiger partial charge on any atom is 0.220 e. The smallest absolute Gasteiger partial charge is 0.220 e. The topological polar surface area (TPSA) is 69.6 Å². The first-order valence-electron chi connectivity index (χ1n) is 15.2. The van der Waals surface area contributed by atoms with Gasteiger partial charge in [0, 0.05) is 6.42 Å². The lowest BCUT2D eigenvalue weighted by atomic mass is 10.0. The van der Waals surface area contributed by atoms with Crippen LogP contribution in [0.1, 0.15) is 142 Å². The van der Waals surface area contributed by atoms with Crippen molar-refractivity contribution >= 4 is 5.91 Å². The third-order valence-electron chi connectivity index (χ3n) is 6.62. The monoisotopic (exact) mass is 505 g/mol. The zero-order valence-corrected chi connectivity index (χ0v) is 23.8. The number of nitrogens with one attached hydrogen (secondary N) is 1. The van der Waals surface area contributed by atoms with E-state index in [2.05, 4.69) is 43.5 Å². The van der Waals surface area contributed by atoms with Crippen LogP contribution in [0, 0.1) is 0 Å². The fourth-order valence-electron chi connectivity index (χ4n) is 4.21. The van der Waals surface area contributed by atoms with Crippen LogP contribution in [-0.2, 0) is 4.79 Å². The lowest BCUT2D eigenvalue weighted by Gasteiger charge is -2.19. The summed E-state index contributed by atoms with van der Waals surface area (Å²) in [5.74, 6) is -0.115. The van der Waals surface area contributed by atoms with Gasteiger partial charge in [0.05, 0.1) is 18.8 Å². The SMILES string of the molecule is CCCCC/C=C/C/C=C\CCCC(=O)N[C@@H](CO)[C@H](O)/C=C/CCCCCCCCCCCCC. The van der Waals surface area contributed by atoms with Crippen LogP contribution in [-0.4, -0.2) is 34.9 Å². The molecule has 0 aliphatic heterocycles. The lowest BCUT2D eigenvalue weighted by Crippen LogP contribution is -2.45. The second-order valence-electron chi connectivity index (χ2n) is 10.2. The summed E-state index contributed by atoms with van der Waals surface area (Å²) in [5.41, 5.74) is 0. The lowest BCUT2D eigenvalue weighted by molar-refractivity contribution is -0.122. The number of hydrogen-bond acceptors (Lipinski definition) is 3. The summed E-state index contributed by atoms with van der Waals surface area (Å²) in [4.78, 5) is 12.2. The van der Waals surface area contributed by atoms with E-state index in [1.165, 1.54) is 83.5 Å². The van der Waals surface area contributed by atoms with E-state index in [4.69, 9.17) is 0 Å². The van der Waals surface area contributed by atoms with Crippen molar-refractivity contribution in [3.05, 3.63) is 36.5 Å². The number of hydrogen-bond donors (Lipinski definition) is 3. The highest BCUT2D eigenvalue weighted by molar-refractivity contribution is 5.76.